The van der Waals surface area contributed by atoms with Crippen molar-refractivity contribution in [1.29, 1.82) is 0 Å². The highest BCUT2D eigenvalue weighted by molar-refractivity contribution is 5.63. The molecule has 0 radical (unpaired) electrons. The molecule has 34 heavy (non-hydrogen) atoms. The van der Waals surface area contributed by atoms with Crippen molar-refractivity contribution in [2.24, 2.45) is 5.92 Å². The summed E-state index contributed by atoms with van der Waals surface area (Å²) in [7, 11) is 0. The van der Waals surface area contributed by atoms with E-state index >= 15 is 0 Å². The molecule has 0 spiro atoms. The fourth-order valence-corrected chi connectivity index (χ4v) is 4.33. The summed E-state index contributed by atoms with van der Waals surface area (Å²) in [6.07, 6.45) is -0.966. The van der Waals surface area contributed by atoms with Crippen LogP contribution in [-0.2, 0) is 6.42 Å². The highest BCUT2D eigenvalue weighted by Crippen LogP contribution is 2.39. The van der Waals surface area contributed by atoms with Crippen molar-refractivity contribution in [3.63, 3.8) is 0 Å². The number of hydrogen-bond acceptors (Lipinski definition) is 1. The Kier molecular flexibility index (Phi) is 8.05. The predicted octanol–water partition coefficient (Wildman–Crippen LogP) is 8.70. The molecule has 0 saturated heterocycles. The van der Waals surface area contributed by atoms with Gasteiger partial charge in [-0.25, -0.2) is 22.0 Å². The first kappa shape index (κ1) is 25.8. The van der Waals surface area contributed by atoms with Crippen molar-refractivity contribution in [2.45, 2.75) is 50.8 Å². The van der Waals surface area contributed by atoms with E-state index in [4.69, 9.17) is 0 Å². The van der Waals surface area contributed by atoms with Crippen LogP contribution >= 0.6 is 0 Å². The standard InChI is InChI=1S/C25H22F8O/c1-2-19(26)23(30)17-9-10-18(20(27)13-17)16-7-5-14(6-8-16)3-4-15-11-21(28)24(22(29)12-15)34-25(31,32)33/h2,9-14,16H,1,3-8H2. The van der Waals surface area contributed by atoms with Gasteiger partial charge in [0.2, 0.25) is 5.75 Å². The Balaban J connectivity index is 1.57. The van der Waals surface area contributed by atoms with Crippen molar-refractivity contribution >= 4 is 5.83 Å². The van der Waals surface area contributed by atoms with Gasteiger partial charge in [0.25, 0.3) is 0 Å². The molecule has 0 amide bonds. The lowest BCUT2D eigenvalue weighted by molar-refractivity contribution is -0.276. The normalized spacial score (nSPS) is 19.5. The first-order chi connectivity index (χ1) is 16.0. The van der Waals surface area contributed by atoms with E-state index in [1.165, 1.54) is 12.1 Å². The van der Waals surface area contributed by atoms with Crippen molar-refractivity contribution in [2.75, 3.05) is 0 Å². The lowest BCUT2D eigenvalue weighted by Gasteiger charge is -2.29. The fourth-order valence-electron chi connectivity index (χ4n) is 4.33. The van der Waals surface area contributed by atoms with E-state index < -0.39 is 41.2 Å². The first-order valence-corrected chi connectivity index (χ1v) is 10.7. The Morgan fingerprint density at radius 1 is 0.941 bits per heavy atom. The third-order valence-electron chi connectivity index (χ3n) is 6.05. The van der Waals surface area contributed by atoms with Crippen molar-refractivity contribution in [1.82, 2.24) is 0 Å². The molecule has 0 aromatic heterocycles. The molecule has 1 aliphatic rings. The number of rotatable bonds is 7. The lowest BCUT2D eigenvalue weighted by atomic mass is 9.76. The van der Waals surface area contributed by atoms with E-state index in [9.17, 15) is 35.1 Å². The molecule has 0 atom stereocenters. The molecule has 0 N–H and O–H groups in total. The number of benzene rings is 2. The van der Waals surface area contributed by atoms with Gasteiger partial charge < -0.3 is 4.74 Å². The Morgan fingerprint density at radius 3 is 2.09 bits per heavy atom. The Labute approximate surface area is 191 Å². The Hall–Kier alpha value is -2.84. The summed E-state index contributed by atoms with van der Waals surface area (Å²) in [6, 6.07) is 5.37. The highest BCUT2D eigenvalue weighted by atomic mass is 19.4. The molecule has 9 heteroatoms. The van der Waals surface area contributed by atoms with Crippen LogP contribution in [0.2, 0.25) is 0 Å². The average Bonchev–Trinajstić information content (AvgIpc) is 2.79. The highest BCUT2D eigenvalue weighted by Gasteiger charge is 2.34. The molecule has 184 valence electrons. The molecule has 3 rings (SSSR count). The van der Waals surface area contributed by atoms with Crippen LogP contribution in [0.1, 0.15) is 54.7 Å². The molecule has 0 bridgehead atoms. The third kappa shape index (κ3) is 6.39. The molecule has 1 aliphatic carbocycles. The topological polar surface area (TPSA) is 9.23 Å². The van der Waals surface area contributed by atoms with Gasteiger partial charge in [0.1, 0.15) is 5.82 Å². The number of aryl methyl sites for hydroxylation is 1. The number of hydrogen-bond donors (Lipinski definition) is 0. The van der Waals surface area contributed by atoms with Crippen LogP contribution < -0.4 is 4.74 Å². The molecule has 1 fully saturated rings. The van der Waals surface area contributed by atoms with Crippen LogP contribution in [0, 0.1) is 23.4 Å². The van der Waals surface area contributed by atoms with Gasteiger partial charge in [0.05, 0.1) is 0 Å². The fraction of sp³-hybridized carbons (Fsp3) is 0.360. The van der Waals surface area contributed by atoms with Crippen LogP contribution in [0.15, 0.2) is 48.8 Å². The zero-order valence-electron chi connectivity index (χ0n) is 18.0. The van der Waals surface area contributed by atoms with E-state index in [1.54, 1.807) is 0 Å². The Morgan fingerprint density at radius 2 is 1.56 bits per heavy atom. The molecule has 0 aliphatic heterocycles. The maximum atomic E-state index is 14.6. The quantitative estimate of drug-likeness (QED) is 0.279. The summed E-state index contributed by atoms with van der Waals surface area (Å²) < 4.78 is 110. The molecule has 0 unspecified atom stereocenters. The minimum atomic E-state index is -5.20. The van der Waals surface area contributed by atoms with Gasteiger partial charge in [-0.3, -0.25) is 0 Å². The molecule has 2 aromatic rings. The summed E-state index contributed by atoms with van der Waals surface area (Å²) >= 11 is 0. The summed E-state index contributed by atoms with van der Waals surface area (Å²) in [6.45, 7) is 3.14. The maximum Gasteiger partial charge on any atom is 0.573 e. The summed E-state index contributed by atoms with van der Waals surface area (Å²) in [5.41, 5.74) is 0.423. The van der Waals surface area contributed by atoms with E-state index in [2.05, 4.69) is 11.3 Å². The third-order valence-corrected chi connectivity index (χ3v) is 6.05. The van der Waals surface area contributed by atoms with E-state index in [1.807, 2.05) is 0 Å². The van der Waals surface area contributed by atoms with Gasteiger partial charge in [-0.15, -0.1) is 13.2 Å². The second-order valence-electron chi connectivity index (χ2n) is 8.30. The van der Waals surface area contributed by atoms with Crippen LogP contribution in [-0.4, -0.2) is 6.36 Å². The van der Waals surface area contributed by atoms with Gasteiger partial charge >= 0.3 is 6.36 Å². The summed E-state index contributed by atoms with van der Waals surface area (Å²) in [5, 5.41) is 0. The molecule has 0 heterocycles. The predicted molar refractivity (Wildman–Crippen MR) is 112 cm³/mol. The molecule has 1 saturated carbocycles. The maximum absolute atomic E-state index is 14.6. The summed E-state index contributed by atoms with van der Waals surface area (Å²) in [4.78, 5) is 0. The van der Waals surface area contributed by atoms with Gasteiger partial charge in [0, 0.05) is 5.56 Å². The molecule has 2 aromatic carbocycles. The number of alkyl halides is 3. The largest absolute Gasteiger partial charge is 0.573 e. The Bertz CT molecular complexity index is 1040. The van der Waals surface area contributed by atoms with Crippen LogP contribution in [0.4, 0.5) is 35.1 Å². The minimum Gasteiger partial charge on any atom is -0.399 e. The van der Waals surface area contributed by atoms with E-state index in [-0.39, 0.29) is 29.4 Å². The van der Waals surface area contributed by atoms with E-state index in [0.29, 0.717) is 43.7 Å². The smallest absolute Gasteiger partial charge is 0.399 e. The lowest BCUT2D eigenvalue weighted by Crippen LogP contribution is -2.19. The second kappa shape index (κ2) is 10.6. The van der Waals surface area contributed by atoms with Crippen LogP contribution in [0.25, 0.3) is 5.83 Å². The van der Waals surface area contributed by atoms with Gasteiger partial charge in [0.15, 0.2) is 23.3 Å². The first-order valence-electron chi connectivity index (χ1n) is 10.7. The SMILES string of the molecule is C=CC(F)=C(F)c1ccc(C2CCC(CCc3cc(F)c(OC(F)(F)F)c(F)c3)CC2)c(F)c1. The minimum absolute atomic E-state index is 0.102. The van der Waals surface area contributed by atoms with Gasteiger partial charge in [-0.1, -0.05) is 18.7 Å². The number of halogens is 8. The number of allylic oxidation sites excluding steroid dienone is 2. The van der Waals surface area contributed by atoms with Crippen molar-refractivity contribution in [3.05, 3.63) is 83.0 Å². The van der Waals surface area contributed by atoms with Crippen molar-refractivity contribution < 1.29 is 39.9 Å². The van der Waals surface area contributed by atoms with Crippen molar-refractivity contribution in [3.8, 4) is 5.75 Å². The van der Waals surface area contributed by atoms with E-state index in [0.717, 1.165) is 18.2 Å². The average molecular weight is 490 g/mol. The van der Waals surface area contributed by atoms with Crippen LogP contribution in [0.3, 0.4) is 0 Å². The zero-order valence-corrected chi connectivity index (χ0v) is 18.0. The van der Waals surface area contributed by atoms with Gasteiger partial charge in [-0.05, 0) is 85.8 Å². The molecular formula is C25H22F8O. The molecule has 1 nitrogen and oxygen atoms in total. The zero-order chi connectivity index (χ0) is 25.0. The number of ether oxygens (including phenoxy) is 1. The summed E-state index contributed by atoms with van der Waals surface area (Å²) in [5.74, 6) is -7.21. The monoisotopic (exact) mass is 490 g/mol. The van der Waals surface area contributed by atoms with Gasteiger partial charge in [-0.2, -0.15) is 0 Å². The second-order valence-corrected chi connectivity index (χ2v) is 8.30. The van der Waals surface area contributed by atoms with Crippen LogP contribution in [0.5, 0.6) is 5.75 Å². The molecular weight excluding hydrogens is 468 g/mol.